The molecular weight excluding hydrogens is 514 g/mol. The first kappa shape index (κ1) is 28.4. The molecule has 0 aliphatic carbocycles. The Balaban J connectivity index is 1.53. The number of pyridine rings is 1. The molecule has 206 valence electrons. The number of anilines is 1. The number of esters is 1. The molecular formula is C31H36ClN3O4. The standard InChI is InChI=1S/C31H36ClN3O4/c1-6-22(12-13-28-23-10-8-9-11-24(23)31(38)39-28)35(7-2)27-16-21(32)15-25(20(27)5)29(36)33-17-26-18(3)14-19(4)34-30(26)37/h8-11,14-16,22,28H,6-7,12-13,17H2,1-5H3,(H,33,36)(H,34,37). The van der Waals surface area contributed by atoms with Gasteiger partial charge in [-0.05, 0) is 82.3 Å². The molecule has 0 saturated heterocycles. The fraction of sp³-hybridized carbons (Fsp3) is 0.387. The van der Waals surface area contributed by atoms with Crippen molar-refractivity contribution in [1.29, 1.82) is 0 Å². The minimum absolute atomic E-state index is 0.123. The largest absolute Gasteiger partial charge is 0.454 e. The number of nitrogens with zero attached hydrogens (tertiary/aromatic N) is 1. The van der Waals surface area contributed by atoms with E-state index in [-0.39, 0.29) is 36.1 Å². The number of hydrogen-bond donors (Lipinski definition) is 2. The number of carbonyl (C=O) groups is 2. The number of benzene rings is 2. The fourth-order valence-corrected chi connectivity index (χ4v) is 5.76. The Hall–Kier alpha value is -3.58. The maximum atomic E-state index is 13.3. The fourth-order valence-electron chi connectivity index (χ4n) is 5.55. The SMILES string of the molecule is CCC(CCC1OC(=O)c2ccccc21)N(CC)c1cc(Cl)cc(C(=O)NCc2c(C)cc(C)[nH]c2=O)c1C. The summed E-state index contributed by atoms with van der Waals surface area (Å²) in [7, 11) is 0. The van der Waals surface area contributed by atoms with E-state index < -0.39 is 0 Å². The zero-order valence-electron chi connectivity index (χ0n) is 23.2. The van der Waals surface area contributed by atoms with Gasteiger partial charge in [-0.3, -0.25) is 9.59 Å². The number of H-pyrrole nitrogens is 1. The van der Waals surface area contributed by atoms with Gasteiger partial charge in [-0.25, -0.2) is 4.79 Å². The molecule has 1 aromatic heterocycles. The summed E-state index contributed by atoms with van der Waals surface area (Å²) in [6.07, 6.45) is 2.13. The number of fused-ring (bicyclic) bond motifs is 1. The first-order valence-corrected chi connectivity index (χ1v) is 13.9. The first-order chi connectivity index (χ1) is 18.6. The van der Waals surface area contributed by atoms with Crippen LogP contribution < -0.4 is 15.8 Å². The average molecular weight is 550 g/mol. The highest BCUT2D eigenvalue weighted by Crippen LogP contribution is 2.36. The molecule has 8 heteroatoms. The summed E-state index contributed by atoms with van der Waals surface area (Å²) >= 11 is 6.53. The number of aryl methyl sites for hydroxylation is 2. The van der Waals surface area contributed by atoms with Gasteiger partial charge in [-0.1, -0.05) is 36.7 Å². The van der Waals surface area contributed by atoms with E-state index in [0.29, 0.717) is 28.1 Å². The Bertz CT molecular complexity index is 1450. The minimum atomic E-state index is -0.283. The summed E-state index contributed by atoms with van der Waals surface area (Å²) in [6.45, 7) is 10.7. The van der Waals surface area contributed by atoms with Crippen LogP contribution in [0.15, 0.2) is 47.3 Å². The van der Waals surface area contributed by atoms with E-state index in [1.54, 1.807) is 6.07 Å². The topological polar surface area (TPSA) is 91.5 Å². The molecule has 0 bridgehead atoms. The highest BCUT2D eigenvalue weighted by Gasteiger charge is 2.31. The zero-order chi connectivity index (χ0) is 28.3. The molecule has 39 heavy (non-hydrogen) atoms. The van der Waals surface area contributed by atoms with Crippen molar-refractivity contribution < 1.29 is 14.3 Å². The van der Waals surface area contributed by atoms with Crippen molar-refractivity contribution in [2.45, 2.75) is 72.6 Å². The van der Waals surface area contributed by atoms with Gasteiger partial charge in [0, 0.05) is 52.2 Å². The van der Waals surface area contributed by atoms with E-state index in [0.717, 1.165) is 47.5 Å². The van der Waals surface area contributed by atoms with E-state index in [1.165, 1.54) is 0 Å². The van der Waals surface area contributed by atoms with Crippen molar-refractivity contribution >= 4 is 29.2 Å². The molecule has 0 saturated carbocycles. The lowest BCUT2D eigenvalue weighted by atomic mass is 9.97. The summed E-state index contributed by atoms with van der Waals surface area (Å²) in [5.41, 5.74) is 5.74. The number of ether oxygens (including phenoxy) is 1. The van der Waals surface area contributed by atoms with E-state index in [9.17, 15) is 14.4 Å². The molecule has 1 aliphatic heterocycles. The smallest absolute Gasteiger partial charge is 0.339 e. The van der Waals surface area contributed by atoms with Crippen molar-refractivity contribution in [2.24, 2.45) is 0 Å². The first-order valence-electron chi connectivity index (χ1n) is 13.5. The number of amides is 1. The van der Waals surface area contributed by atoms with E-state index in [1.807, 2.05) is 57.2 Å². The van der Waals surface area contributed by atoms with E-state index in [4.69, 9.17) is 16.3 Å². The van der Waals surface area contributed by atoms with Crippen molar-refractivity contribution in [3.8, 4) is 0 Å². The molecule has 2 atom stereocenters. The number of hydrogen-bond acceptors (Lipinski definition) is 5. The van der Waals surface area contributed by atoms with Crippen LogP contribution >= 0.6 is 11.6 Å². The summed E-state index contributed by atoms with van der Waals surface area (Å²) in [4.78, 5) is 43.0. The molecule has 2 unspecified atom stereocenters. The van der Waals surface area contributed by atoms with Crippen LogP contribution in [-0.4, -0.2) is 29.4 Å². The second kappa shape index (κ2) is 12.1. The molecule has 4 rings (SSSR count). The molecule has 3 aromatic rings. The third-order valence-electron chi connectivity index (χ3n) is 7.61. The maximum absolute atomic E-state index is 13.3. The Morgan fingerprint density at radius 2 is 1.87 bits per heavy atom. The van der Waals surface area contributed by atoms with Gasteiger partial charge in [0.1, 0.15) is 6.10 Å². The number of rotatable bonds is 10. The number of aromatic nitrogens is 1. The van der Waals surface area contributed by atoms with Crippen molar-refractivity contribution in [2.75, 3.05) is 11.4 Å². The van der Waals surface area contributed by atoms with Gasteiger partial charge in [0.15, 0.2) is 0 Å². The normalized spacial score (nSPS) is 15.0. The molecule has 2 heterocycles. The van der Waals surface area contributed by atoms with Gasteiger partial charge in [0.25, 0.3) is 11.5 Å². The Kier molecular flexibility index (Phi) is 8.80. The van der Waals surface area contributed by atoms with E-state index >= 15 is 0 Å². The van der Waals surface area contributed by atoms with Gasteiger partial charge in [-0.2, -0.15) is 0 Å². The predicted octanol–water partition coefficient (Wildman–Crippen LogP) is 6.18. The van der Waals surface area contributed by atoms with Gasteiger partial charge >= 0.3 is 5.97 Å². The van der Waals surface area contributed by atoms with Crippen LogP contribution in [0.4, 0.5) is 5.69 Å². The van der Waals surface area contributed by atoms with Gasteiger partial charge < -0.3 is 19.9 Å². The monoisotopic (exact) mass is 549 g/mol. The second-order valence-corrected chi connectivity index (χ2v) is 10.6. The summed E-state index contributed by atoms with van der Waals surface area (Å²) in [5, 5.41) is 3.37. The van der Waals surface area contributed by atoms with Gasteiger partial charge in [0.05, 0.1) is 5.56 Å². The molecule has 1 amide bonds. The zero-order valence-corrected chi connectivity index (χ0v) is 23.9. The summed E-state index contributed by atoms with van der Waals surface area (Å²) in [6, 6.07) is 13.2. The average Bonchev–Trinajstić information content (AvgIpc) is 3.22. The van der Waals surface area contributed by atoms with E-state index in [2.05, 4.69) is 29.0 Å². The Labute approximate surface area is 234 Å². The second-order valence-electron chi connectivity index (χ2n) is 10.1. The van der Waals surface area contributed by atoms with Crippen molar-refractivity contribution in [1.82, 2.24) is 10.3 Å². The number of nitrogens with one attached hydrogen (secondary N) is 2. The molecule has 7 nitrogen and oxygen atoms in total. The molecule has 1 aliphatic rings. The van der Waals surface area contributed by atoms with Crippen molar-refractivity contribution in [3.05, 3.63) is 96.9 Å². The molecule has 2 aromatic carbocycles. The van der Waals surface area contributed by atoms with Crippen LogP contribution in [0.2, 0.25) is 5.02 Å². The van der Waals surface area contributed by atoms with Crippen LogP contribution in [0.25, 0.3) is 0 Å². The minimum Gasteiger partial charge on any atom is -0.454 e. The quantitative estimate of drug-likeness (QED) is 0.295. The summed E-state index contributed by atoms with van der Waals surface area (Å²) < 4.78 is 5.67. The number of halogens is 1. The van der Waals surface area contributed by atoms with Crippen LogP contribution in [0.3, 0.4) is 0 Å². The molecule has 0 radical (unpaired) electrons. The lowest BCUT2D eigenvalue weighted by Crippen LogP contribution is -2.36. The van der Waals surface area contributed by atoms with Crippen LogP contribution in [0, 0.1) is 20.8 Å². The van der Waals surface area contributed by atoms with Gasteiger partial charge in [-0.15, -0.1) is 0 Å². The number of carbonyl (C=O) groups excluding carboxylic acids is 2. The third-order valence-corrected chi connectivity index (χ3v) is 7.83. The number of aromatic amines is 1. The van der Waals surface area contributed by atoms with Crippen LogP contribution in [0.5, 0.6) is 0 Å². The highest BCUT2D eigenvalue weighted by molar-refractivity contribution is 6.31. The Morgan fingerprint density at radius 3 is 2.56 bits per heavy atom. The van der Waals surface area contributed by atoms with Gasteiger partial charge in [0.2, 0.25) is 0 Å². The highest BCUT2D eigenvalue weighted by atomic mass is 35.5. The lowest BCUT2D eigenvalue weighted by molar-refractivity contribution is 0.0360. The third kappa shape index (κ3) is 6.04. The van der Waals surface area contributed by atoms with Crippen molar-refractivity contribution in [3.63, 3.8) is 0 Å². The maximum Gasteiger partial charge on any atom is 0.339 e. The molecule has 0 fully saturated rings. The molecule has 0 spiro atoms. The summed E-state index contributed by atoms with van der Waals surface area (Å²) in [5.74, 6) is -0.547. The van der Waals surface area contributed by atoms with Crippen LogP contribution in [-0.2, 0) is 11.3 Å². The predicted molar refractivity (Wildman–Crippen MR) is 155 cm³/mol. The van der Waals surface area contributed by atoms with Crippen LogP contribution in [0.1, 0.15) is 87.9 Å². The Morgan fingerprint density at radius 1 is 1.13 bits per heavy atom. The molecule has 2 N–H and O–H groups in total. The number of cyclic esters (lactones) is 1. The lowest BCUT2D eigenvalue weighted by Gasteiger charge is -2.34.